The van der Waals surface area contributed by atoms with E-state index in [2.05, 4.69) is 50.4 Å². The Morgan fingerprint density at radius 1 is 1.31 bits per heavy atom. The van der Waals surface area contributed by atoms with E-state index >= 15 is 0 Å². The van der Waals surface area contributed by atoms with Gasteiger partial charge in [0.25, 0.3) is 0 Å². The minimum absolute atomic E-state index is 0.204. The minimum atomic E-state index is 0.204. The first kappa shape index (κ1) is 11.6. The van der Waals surface area contributed by atoms with E-state index in [4.69, 9.17) is 4.74 Å². The Balaban J connectivity index is 2.03. The van der Waals surface area contributed by atoms with Crippen LogP contribution in [-0.4, -0.2) is 12.8 Å². The highest BCUT2D eigenvalue weighted by Gasteiger charge is 2.27. The van der Waals surface area contributed by atoms with Crippen LogP contribution in [0.25, 0.3) is 0 Å². The predicted molar refractivity (Wildman–Crippen MR) is 66.3 cm³/mol. The summed E-state index contributed by atoms with van der Waals surface area (Å²) in [6, 6.07) is 8.77. The molecule has 2 unspecified atom stereocenters. The molecular weight excluding hydrogens is 198 g/mol. The number of hydrogen-bond donors (Lipinski definition) is 1. The normalized spacial score (nSPS) is 25.2. The molecule has 1 fully saturated rings. The van der Waals surface area contributed by atoms with E-state index in [9.17, 15) is 0 Å². The summed E-state index contributed by atoms with van der Waals surface area (Å²) in [6.45, 7) is 7.46. The van der Waals surface area contributed by atoms with Crippen LogP contribution in [0, 0.1) is 5.92 Å². The van der Waals surface area contributed by atoms with Gasteiger partial charge in [0, 0.05) is 6.54 Å². The number of hydrogen-bond acceptors (Lipinski definition) is 2. The predicted octanol–water partition coefficient (Wildman–Crippen LogP) is 2.89. The van der Waals surface area contributed by atoms with Gasteiger partial charge in [-0.1, -0.05) is 45.0 Å². The lowest BCUT2D eigenvalue weighted by Gasteiger charge is -2.16. The third-order valence-electron chi connectivity index (χ3n) is 3.18. The maximum Gasteiger partial charge on any atom is 0.111 e. The van der Waals surface area contributed by atoms with Gasteiger partial charge in [-0.05, 0) is 23.5 Å². The van der Waals surface area contributed by atoms with Crippen molar-refractivity contribution in [2.24, 2.45) is 5.92 Å². The van der Waals surface area contributed by atoms with Crippen molar-refractivity contribution in [3.05, 3.63) is 35.4 Å². The summed E-state index contributed by atoms with van der Waals surface area (Å²) in [4.78, 5) is 0. The first-order chi connectivity index (χ1) is 7.70. The Labute approximate surface area is 98.0 Å². The van der Waals surface area contributed by atoms with Crippen LogP contribution < -0.4 is 5.32 Å². The zero-order valence-corrected chi connectivity index (χ0v) is 10.4. The molecular formula is C14H21NO. The van der Waals surface area contributed by atoms with Crippen LogP contribution in [-0.2, 0) is 11.2 Å². The quantitative estimate of drug-likeness (QED) is 0.844. The maximum absolute atomic E-state index is 5.97. The van der Waals surface area contributed by atoms with Gasteiger partial charge in [-0.3, -0.25) is 5.32 Å². The number of aryl methyl sites for hydroxylation is 1. The van der Waals surface area contributed by atoms with E-state index in [0.717, 1.165) is 13.0 Å². The van der Waals surface area contributed by atoms with Gasteiger partial charge in [0.1, 0.15) is 6.23 Å². The van der Waals surface area contributed by atoms with Crippen LogP contribution in [0.3, 0.4) is 0 Å². The first-order valence-corrected chi connectivity index (χ1v) is 6.18. The summed E-state index contributed by atoms with van der Waals surface area (Å²) in [6.07, 6.45) is 1.52. The summed E-state index contributed by atoms with van der Waals surface area (Å²) in [5.74, 6) is 0.528. The minimum Gasteiger partial charge on any atom is -0.354 e. The van der Waals surface area contributed by atoms with Crippen molar-refractivity contribution in [1.82, 2.24) is 5.32 Å². The lowest BCUT2D eigenvalue weighted by atomic mass is 10.1. The standard InChI is InChI=1S/C14H21NO/c1-4-11-5-7-12(8-6-11)13-9-15-14(16-13)10(2)3/h5-8,10,13-15H,4,9H2,1-3H3. The highest BCUT2D eigenvalue weighted by molar-refractivity contribution is 5.25. The van der Waals surface area contributed by atoms with Crippen LogP contribution >= 0.6 is 0 Å². The summed E-state index contributed by atoms with van der Waals surface area (Å²) < 4.78 is 5.97. The Morgan fingerprint density at radius 2 is 2.00 bits per heavy atom. The van der Waals surface area contributed by atoms with Gasteiger partial charge in [-0.2, -0.15) is 0 Å². The van der Waals surface area contributed by atoms with E-state index in [1.807, 2.05) is 0 Å². The molecule has 0 bridgehead atoms. The molecule has 2 rings (SSSR count). The molecule has 1 aliphatic heterocycles. The summed E-state index contributed by atoms with van der Waals surface area (Å²) >= 11 is 0. The summed E-state index contributed by atoms with van der Waals surface area (Å²) in [5.41, 5.74) is 2.67. The molecule has 2 atom stereocenters. The number of nitrogens with one attached hydrogen (secondary N) is 1. The Kier molecular flexibility index (Phi) is 3.62. The van der Waals surface area contributed by atoms with E-state index in [1.165, 1.54) is 11.1 Å². The third kappa shape index (κ3) is 2.45. The monoisotopic (exact) mass is 219 g/mol. The van der Waals surface area contributed by atoms with E-state index in [0.29, 0.717) is 5.92 Å². The molecule has 0 spiro atoms. The zero-order valence-electron chi connectivity index (χ0n) is 10.4. The molecule has 1 aromatic rings. The van der Waals surface area contributed by atoms with Crippen molar-refractivity contribution >= 4 is 0 Å². The van der Waals surface area contributed by atoms with Gasteiger partial charge in [0.05, 0.1) is 6.10 Å². The molecule has 2 nitrogen and oxygen atoms in total. The Hall–Kier alpha value is -0.860. The molecule has 1 aromatic carbocycles. The summed E-state index contributed by atoms with van der Waals surface area (Å²) in [7, 11) is 0. The molecule has 0 aliphatic carbocycles. The highest BCUT2D eigenvalue weighted by Crippen LogP contribution is 2.25. The van der Waals surface area contributed by atoms with Crippen molar-refractivity contribution in [2.45, 2.75) is 39.5 Å². The van der Waals surface area contributed by atoms with Crippen LogP contribution in [0.1, 0.15) is 38.0 Å². The van der Waals surface area contributed by atoms with Crippen molar-refractivity contribution in [3.63, 3.8) is 0 Å². The number of benzene rings is 1. The lowest BCUT2D eigenvalue weighted by molar-refractivity contribution is 0.0136. The molecule has 0 saturated carbocycles. The lowest BCUT2D eigenvalue weighted by Crippen LogP contribution is -2.27. The van der Waals surface area contributed by atoms with Crippen LogP contribution in [0.2, 0.25) is 0 Å². The third-order valence-corrected chi connectivity index (χ3v) is 3.18. The number of rotatable bonds is 3. The second-order valence-electron chi connectivity index (χ2n) is 4.79. The first-order valence-electron chi connectivity index (χ1n) is 6.18. The summed E-state index contributed by atoms with van der Waals surface area (Å²) in [5, 5.41) is 3.41. The molecule has 88 valence electrons. The molecule has 1 aliphatic rings. The van der Waals surface area contributed by atoms with Crippen molar-refractivity contribution in [1.29, 1.82) is 0 Å². The zero-order chi connectivity index (χ0) is 11.5. The number of ether oxygens (including phenoxy) is 1. The Bertz CT molecular complexity index is 331. The van der Waals surface area contributed by atoms with E-state index < -0.39 is 0 Å². The van der Waals surface area contributed by atoms with Crippen molar-refractivity contribution < 1.29 is 4.74 Å². The molecule has 16 heavy (non-hydrogen) atoms. The topological polar surface area (TPSA) is 21.3 Å². The van der Waals surface area contributed by atoms with Gasteiger partial charge in [0.2, 0.25) is 0 Å². The van der Waals surface area contributed by atoms with E-state index in [-0.39, 0.29) is 12.3 Å². The highest BCUT2D eigenvalue weighted by atomic mass is 16.5. The average Bonchev–Trinajstić information content (AvgIpc) is 2.78. The largest absolute Gasteiger partial charge is 0.354 e. The van der Waals surface area contributed by atoms with Crippen LogP contribution in [0.15, 0.2) is 24.3 Å². The van der Waals surface area contributed by atoms with Crippen molar-refractivity contribution in [3.8, 4) is 0 Å². The van der Waals surface area contributed by atoms with Crippen molar-refractivity contribution in [2.75, 3.05) is 6.54 Å². The maximum atomic E-state index is 5.97. The van der Waals surface area contributed by atoms with Crippen LogP contribution in [0.4, 0.5) is 0 Å². The SMILES string of the molecule is CCc1ccc(C2CNC(C(C)C)O2)cc1. The van der Waals surface area contributed by atoms with Gasteiger partial charge in [0.15, 0.2) is 0 Å². The van der Waals surface area contributed by atoms with E-state index in [1.54, 1.807) is 0 Å². The molecule has 0 aromatic heterocycles. The fourth-order valence-electron chi connectivity index (χ4n) is 2.05. The second-order valence-corrected chi connectivity index (χ2v) is 4.79. The molecule has 0 radical (unpaired) electrons. The Morgan fingerprint density at radius 3 is 2.50 bits per heavy atom. The molecule has 0 amide bonds. The average molecular weight is 219 g/mol. The fraction of sp³-hybridized carbons (Fsp3) is 0.571. The molecule has 1 N–H and O–H groups in total. The fourth-order valence-corrected chi connectivity index (χ4v) is 2.05. The second kappa shape index (κ2) is 4.98. The molecule has 1 heterocycles. The molecule has 1 saturated heterocycles. The van der Waals surface area contributed by atoms with Gasteiger partial charge >= 0.3 is 0 Å². The van der Waals surface area contributed by atoms with Gasteiger partial charge < -0.3 is 4.74 Å². The van der Waals surface area contributed by atoms with Gasteiger partial charge in [-0.25, -0.2) is 0 Å². The van der Waals surface area contributed by atoms with Crippen LogP contribution in [0.5, 0.6) is 0 Å². The van der Waals surface area contributed by atoms with Gasteiger partial charge in [-0.15, -0.1) is 0 Å². The smallest absolute Gasteiger partial charge is 0.111 e. The molecule has 2 heteroatoms.